The molecule has 2 saturated carbocycles. The highest BCUT2D eigenvalue weighted by atomic mass is 16.4. The summed E-state index contributed by atoms with van der Waals surface area (Å²) in [6.45, 7) is 0. The van der Waals surface area contributed by atoms with Gasteiger partial charge < -0.3 is 10.8 Å². The minimum atomic E-state index is -0.614. The zero-order chi connectivity index (χ0) is 8.72. The second-order valence-electron chi connectivity index (χ2n) is 4.09. The second-order valence-corrected chi connectivity index (χ2v) is 4.09. The maximum Gasteiger partial charge on any atom is 0.306 e. The van der Waals surface area contributed by atoms with Crippen molar-refractivity contribution in [1.82, 2.24) is 0 Å². The van der Waals surface area contributed by atoms with E-state index in [0.717, 1.165) is 25.7 Å². The summed E-state index contributed by atoms with van der Waals surface area (Å²) in [7, 11) is 0. The number of fused-ring (bicyclic) bond motifs is 1. The van der Waals surface area contributed by atoms with Crippen LogP contribution in [0.5, 0.6) is 0 Å². The van der Waals surface area contributed by atoms with Crippen LogP contribution in [-0.2, 0) is 4.79 Å². The van der Waals surface area contributed by atoms with Crippen molar-refractivity contribution in [3.63, 3.8) is 0 Å². The summed E-state index contributed by atoms with van der Waals surface area (Å²) in [5.41, 5.74) is 5.89. The molecule has 0 spiro atoms. The molecule has 68 valence electrons. The lowest BCUT2D eigenvalue weighted by atomic mass is 9.59. The minimum absolute atomic E-state index is 0.0939. The SMILES string of the molecule is NC1CCC(C(=O)O)C2CCC12. The maximum absolute atomic E-state index is 10.8. The van der Waals surface area contributed by atoms with Gasteiger partial charge in [0.05, 0.1) is 5.92 Å². The van der Waals surface area contributed by atoms with E-state index in [1.165, 1.54) is 0 Å². The molecule has 2 aliphatic carbocycles. The van der Waals surface area contributed by atoms with E-state index >= 15 is 0 Å². The number of hydrogen-bond donors (Lipinski definition) is 2. The summed E-state index contributed by atoms with van der Waals surface area (Å²) in [6.07, 6.45) is 3.92. The van der Waals surface area contributed by atoms with Gasteiger partial charge in [-0.15, -0.1) is 0 Å². The summed E-state index contributed by atoms with van der Waals surface area (Å²) in [5, 5.41) is 8.91. The van der Waals surface area contributed by atoms with Crippen LogP contribution in [0.4, 0.5) is 0 Å². The molecule has 2 fully saturated rings. The number of aliphatic carboxylic acids is 1. The Morgan fingerprint density at radius 1 is 1.17 bits per heavy atom. The van der Waals surface area contributed by atoms with E-state index in [1.54, 1.807) is 0 Å². The quantitative estimate of drug-likeness (QED) is 0.611. The Labute approximate surface area is 71.9 Å². The van der Waals surface area contributed by atoms with Crippen molar-refractivity contribution in [3.05, 3.63) is 0 Å². The van der Waals surface area contributed by atoms with Gasteiger partial charge in [-0.1, -0.05) is 0 Å². The summed E-state index contributed by atoms with van der Waals surface area (Å²) >= 11 is 0. The van der Waals surface area contributed by atoms with E-state index < -0.39 is 5.97 Å². The van der Waals surface area contributed by atoms with Gasteiger partial charge in [-0.05, 0) is 37.5 Å². The molecule has 0 aromatic rings. The maximum atomic E-state index is 10.8. The van der Waals surface area contributed by atoms with Crippen LogP contribution in [0.3, 0.4) is 0 Å². The van der Waals surface area contributed by atoms with Crippen molar-refractivity contribution in [3.8, 4) is 0 Å². The second kappa shape index (κ2) is 2.73. The number of nitrogens with two attached hydrogens (primary N) is 1. The highest BCUT2D eigenvalue weighted by Gasteiger charge is 2.46. The molecule has 3 heteroatoms. The van der Waals surface area contributed by atoms with Crippen LogP contribution in [0.1, 0.15) is 25.7 Å². The van der Waals surface area contributed by atoms with Gasteiger partial charge in [0.2, 0.25) is 0 Å². The molecule has 3 nitrogen and oxygen atoms in total. The molecular formula is C9H15NO2. The van der Waals surface area contributed by atoms with Crippen molar-refractivity contribution in [2.45, 2.75) is 31.7 Å². The van der Waals surface area contributed by atoms with Crippen molar-refractivity contribution in [2.24, 2.45) is 23.5 Å². The zero-order valence-electron chi connectivity index (χ0n) is 7.07. The van der Waals surface area contributed by atoms with Crippen molar-refractivity contribution in [2.75, 3.05) is 0 Å². The van der Waals surface area contributed by atoms with Crippen LogP contribution < -0.4 is 5.73 Å². The summed E-state index contributed by atoms with van der Waals surface area (Å²) < 4.78 is 0. The Morgan fingerprint density at radius 3 is 2.33 bits per heavy atom. The first-order chi connectivity index (χ1) is 5.70. The molecule has 0 saturated heterocycles. The van der Waals surface area contributed by atoms with Gasteiger partial charge in [0.15, 0.2) is 0 Å². The highest BCUT2D eigenvalue weighted by Crippen LogP contribution is 2.47. The van der Waals surface area contributed by atoms with Crippen LogP contribution in [0.25, 0.3) is 0 Å². The third-order valence-corrected chi connectivity index (χ3v) is 3.58. The highest BCUT2D eigenvalue weighted by molar-refractivity contribution is 5.70. The van der Waals surface area contributed by atoms with Crippen molar-refractivity contribution in [1.29, 1.82) is 0 Å². The molecule has 0 aromatic heterocycles. The Bertz CT molecular complexity index is 205. The van der Waals surface area contributed by atoms with E-state index in [2.05, 4.69) is 0 Å². The molecule has 0 bridgehead atoms. The molecule has 12 heavy (non-hydrogen) atoms. The third-order valence-electron chi connectivity index (χ3n) is 3.58. The first kappa shape index (κ1) is 8.05. The van der Waals surface area contributed by atoms with E-state index in [1.807, 2.05) is 0 Å². The molecule has 0 heterocycles. The van der Waals surface area contributed by atoms with Gasteiger partial charge in [0, 0.05) is 6.04 Å². The number of carbonyl (C=O) groups is 1. The Kier molecular flexibility index (Phi) is 1.83. The molecule has 0 radical (unpaired) electrons. The van der Waals surface area contributed by atoms with Gasteiger partial charge in [0.1, 0.15) is 0 Å². The van der Waals surface area contributed by atoms with Crippen molar-refractivity contribution < 1.29 is 9.90 Å². The fourth-order valence-electron chi connectivity index (χ4n) is 2.69. The smallest absolute Gasteiger partial charge is 0.306 e. The van der Waals surface area contributed by atoms with Gasteiger partial charge in [-0.3, -0.25) is 4.79 Å². The average molecular weight is 169 g/mol. The average Bonchev–Trinajstić information content (AvgIpc) is 1.92. The van der Waals surface area contributed by atoms with Gasteiger partial charge in [0.25, 0.3) is 0 Å². The first-order valence-electron chi connectivity index (χ1n) is 4.68. The first-order valence-corrected chi connectivity index (χ1v) is 4.68. The molecule has 2 rings (SSSR count). The molecule has 3 N–H and O–H groups in total. The van der Waals surface area contributed by atoms with E-state index in [0.29, 0.717) is 11.8 Å². The van der Waals surface area contributed by atoms with Crippen LogP contribution in [-0.4, -0.2) is 17.1 Å². The summed E-state index contributed by atoms with van der Waals surface area (Å²) in [6, 6.07) is 0.277. The van der Waals surface area contributed by atoms with Crippen LogP contribution in [0, 0.1) is 17.8 Å². The lowest BCUT2D eigenvalue weighted by Gasteiger charge is -2.47. The van der Waals surface area contributed by atoms with Crippen LogP contribution in [0.2, 0.25) is 0 Å². The molecule has 4 unspecified atom stereocenters. The van der Waals surface area contributed by atoms with Gasteiger partial charge >= 0.3 is 5.97 Å². The normalized spacial score (nSPS) is 46.1. The van der Waals surface area contributed by atoms with E-state index in [9.17, 15) is 4.79 Å². The van der Waals surface area contributed by atoms with Gasteiger partial charge in [-0.2, -0.15) is 0 Å². The zero-order valence-corrected chi connectivity index (χ0v) is 7.07. The fraction of sp³-hybridized carbons (Fsp3) is 0.889. The van der Waals surface area contributed by atoms with Crippen molar-refractivity contribution >= 4 is 5.97 Å². The predicted octanol–water partition coefficient (Wildman–Crippen LogP) is 0.834. The number of carboxylic acid groups (broad SMARTS) is 1. The molecule has 0 aliphatic heterocycles. The lowest BCUT2D eigenvalue weighted by molar-refractivity contribution is -0.149. The molecule has 0 aromatic carbocycles. The standard InChI is InChI=1S/C9H15NO2/c10-8-4-3-7(9(11)12)5-1-2-6(5)8/h5-8H,1-4,10H2,(H,11,12). The summed E-state index contributed by atoms with van der Waals surface area (Å²) in [5.74, 6) is 0.200. The fourth-order valence-corrected chi connectivity index (χ4v) is 2.69. The molecule has 4 atom stereocenters. The number of rotatable bonds is 1. The molecule has 0 amide bonds. The predicted molar refractivity (Wildman–Crippen MR) is 44.5 cm³/mol. The van der Waals surface area contributed by atoms with Gasteiger partial charge in [-0.25, -0.2) is 0 Å². The molecular weight excluding hydrogens is 154 g/mol. The minimum Gasteiger partial charge on any atom is -0.481 e. The topological polar surface area (TPSA) is 63.3 Å². The van der Waals surface area contributed by atoms with E-state index in [4.69, 9.17) is 10.8 Å². The Balaban J connectivity index is 2.06. The monoisotopic (exact) mass is 169 g/mol. The Hall–Kier alpha value is -0.570. The lowest BCUT2D eigenvalue weighted by Crippen LogP contribution is -2.50. The van der Waals surface area contributed by atoms with Crippen LogP contribution in [0.15, 0.2) is 0 Å². The van der Waals surface area contributed by atoms with E-state index in [-0.39, 0.29) is 12.0 Å². The third kappa shape index (κ3) is 1.04. The number of hydrogen-bond acceptors (Lipinski definition) is 2. The summed E-state index contributed by atoms with van der Waals surface area (Å²) in [4.78, 5) is 10.8. The largest absolute Gasteiger partial charge is 0.481 e. The van der Waals surface area contributed by atoms with Crippen LogP contribution >= 0.6 is 0 Å². The molecule has 2 aliphatic rings. The Morgan fingerprint density at radius 2 is 1.83 bits per heavy atom. The number of carboxylic acids is 1.